The maximum Gasteiger partial charge on any atom is 0.263 e. The molecule has 0 fully saturated rings. The first kappa shape index (κ1) is 19.4. The van der Waals surface area contributed by atoms with Crippen molar-refractivity contribution in [1.82, 2.24) is 4.98 Å². The summed E-state index contributed by atoms with van der Waals surface area (Å²) in [5, 5.41) is 8.63. The van der Waals surface area contributed by atoms with Crippen molar-refractivity contribution in [3.8, 4) is 17.3 Å². The number of benzene rings is 2. The van der Waals surface area contributed by atoms with Gasteiger partial charge < -0.3 is 4.98 Å². The molecule has 0 bridgehead atoms. The number of aromatic amines is 1. The van der Waals surface area contributed by atoms with Gasteiger partial charge in [0.2, 0.25) is 0 Å². The van der Waals surface area contributed by atoms with Crippen molar-refractivity contribution in [1.29, 1.82) is 5.26 Å². The van der Waals surface area contributed by atoms with Crippen LogP contribution in [0.5, 0.6) is 0 Å². The molecule has 0 saturated heterocycles. The Hall–Kier alpha value is -3.39. The largest absolute Gasteiger partial charge is 0.360 e. The molecule has 11 heteroatoms. The van der Waals surface area contributed by atoms with E-state index in [9.17, 15) is 30.4 Å². The maximum absolute atomic E-state index is 13.9. The van der Waals surface area contributed by atoms with Crippen molar-refractivity contribution in [2.75, 3.05) is 4.72 Å². The summed E-state index contributed by atoms with van der Waals surface area (Å²) < 4.78 is 94.7. The number of anilines is 1. The molecule has 2 N–H and O–H groups in total. The molecule has 0 amide bonds. The quantitative estimate of drug-likeness (QED) is 0.633. The lowest BCUT2D eigenvalue weighted by atomic mass is 10.1. The van der Waals surface area contributed by atoms with Crippen molar-refractivity contribution in [2.45, 2.75) is 4.90 Å². The Bertz CT molecular complexity index is 1210. The molecule has 144 valence electrons. The Labute approximate surface area is 155 Å². The van der Waals surface area contributed by atoms with Crippen molar-refractivity contribution < 1.29 is 30.4 Å². The molecule has 0 spiro atoms. The topological polar surface area (TPSA) is 85.8 Å². The second-order valence-corrected chi connectivity index (χ2v) is 7.21. The van der Waals surface area contributed by atoms with Gasteiger partial charge in [-0.05, 0) is 12.1 Å². The number of rotatable bonds is 4. The lowest BCUT2D eigenvalue weighted by Crippen LogP contribution is -2.13. The van der Waals surface area contributed by atoms with Crippen LogP contribution in [0.2, 0.25) is 0 Å². The molecule has 0 aliphatic carbocycles. The molecule has 3 aromatic rings. The number of nitrogens with zero attached hydrogens (tertiary/aromatic N) is 1. The second kappa shape index (κ2) is 6.97. The van der Waals surface area contributed by atoms with Crippen LogP contribution in [-0.4, -0.2) is 13.4 Å². The number of H-pyrrole nitrogens is 1. The Morgan fingerprint density at radius 2 is 1.54 bits per heavy atom. The number of nitriles is 1. The van der Waals surface area contributed by atoms with Gasteiger partial charge in [-0.25, -0.2) is 30.4 Å². The third-order valence-electron chi connectivity index (χ3n) is 3.66. The van der Waals surface area contributed by atoms with E-state index < -0.39 is 60.8 Å². The van der Waals surface area contributed by atoms with E-state index in [1.165, 1.54) is 6.07 Å². The van der Waals surface area contributed by atoms with Gasteiger partial charge in [-0.15, -0.1) is 0 Å². The summed E-state index contributed by atoms with van der Waals surface area (Å²) in [4.78, 5) is 1.78. The number of hydrogen-bond donors (Lipinski definition) is 2. The zero-order chi connectivity index (χ0) is 20.6. The molecule has 0 radical (unpaired) electrons. The summed E-state index contributed by atoms with van der Waals surface area (Å²) in [5.74, 6) is -6.04. The minimum atomic E-state index is -4.48. The van der Waals surface area contributed by atoms with Gasteiger partial charge >= 0.3 is 0 Å². The predicted octanol–water partition coefficient (Wildman–Crippen LogP) is 4.05. The van der Waals surface area contributed by atoms with Gasteiger partial charge in [-0.3, -0.25) is 4.72 Å². The number of aromatic nitrogens is 1. The summed E-state index contributed by atoms with van der Waals surface area (Å²) in [5.41, 5.74) is -2.40. The SMILES string of the molecule is N#Cc1cc(F)c(NS(=O)(=O)c2c[nH]c(-c3c(F)cc(F)cc3F)c2)cc1F. The fourth-order valence-corrected chi connectivity index (χ4v) is 3.44. The molecule has 3 rings (SSSR count). The average Bonchev–Trinajstić information content (AvgIpc) is 3.07. The molecule has 28 heavy (non-hydrogen) atoms. The molecule has 5 nitrogen and oxygen atoms in total. The van der Waals surface area contributed by atoms with Crippen molar-refractivity contribution in [2.24, 2.45) is 0 Å². The van der Waals surface area contributed by atoms with Crippen LogP contribution in [-0.2, 0) is 10.0 Å². The number of sulfonamides is 1. The summed E-state index contributed by atoms with van der Waals surface area (Å²) in [6.07, 6.45) is 0.859. The van der Waals surface area contributed by atoms with Gasteiger partial charge in [0.15, 0.2) is 0 Å². The smallest absolute Gasteiger partial charge is 0.263 e. The van der Waals surface area contributed by atoms with E-state index in [2.05, 4.69) is 4.98 Å². The van der Waals surface area contributed by atoms with Crippen LogP contribution in [0, 0.1) is 40.4 Å². The number of hydrogen-bond acceptors (Lipinski definition) is 3. The van der Waals surface area contributed by atoms with Crippen LogP contribution in [0.25, 0.3) is 11.3 Å². The van der Waals surface area contributed by atoms with Gasteiger partial charge in [0, 0.05) is 24.4 Å². The number of halogens is 5. The standard InChI is InChI=1S/C17H8F5N3O2S/c18-9-2-13(21)17(14(22)3-9)16-4-10(7-24-16)28(26,27)25-15-5-11(19)8(6-23)1-12(15)20/h1-5,7,24-25H. The Balaban J connectivity index is 1.98. The lowest BCUT2D eigenvalue weighted by molar-refractivity contribution is 0.547. The Morgan fingerprint density at radius 1 is 0.893 bits per heavy atom. The van der Waals surface area contributed by atoms with Gasteiger partial charge in [-0.2, -0.15) is 5.26 Å². The van der Waals surface area contributed by atoms with Gasteiger partial charge in [0.1, 0.15) is 40.1 Å². The normalized spacial score (nSPS) is 11.3. The van der Waals surface area contributed by atoms with Crippen LogP contribution >= 0.6 is 0 Å². The molecule has 0 saturated carbocycles. The number of nitrogens with one attached hydrogen (secondary N) is 2. The predicted molar refractivity (Wildman–Crippen MR) is 88.0 cm³/mol. The van der Waals surface area contributed by atoms with Crippen LogP contribution in [0.15, 0.2) is 41.4 Å². The minimum absolute atomic E-state index is 0.318. The van der Waals surface area contributed by atoms with Crippen LogP contribution < -0.4 is 4.72 Å². The first-order valence-corrected chi connectivity index (χ1v) is 8.86. The fourth-order valence-electron chi connectivity index (χ4n) is 2.39. The highest BCUT2D eigenvalue weighted by atomic mass is 32.2. The average molecular weight is 413 g/mol. The summed E-state index contributed by atoms with van der Waals surface area (Å²) in [7, 11) is -4.48. The van der Waals surface area contributed by atoms with Crippen LogP contribution in [0.3, 0.4) is 0 Å². The molecule has 0 aliphatic rings. The van der Waals surface area contributed by atoms with E-state index in [0.29, 0.717) is 24.3 Å². The van der Waals surface area contributed by atoms with E-state index in [4.69, 9.17) is 5.26 Å². The monoisotopic (exact) mass is 413 g/mol. The molecule has 0 unspecified atom stereocenters. The minimum Gasteiger partial charge on any atom is -0.360 e. The highest BCUT2D eigenvalue weighted by Gasteiger charge is 2.22. The highest BCUT2D eigenvalue weighted by molar-refractivity contribution is 7.92. The zero-order valence-electron chi connectivity index (χ0n) is 13.5. The van der Waals surface area contributed by atoms with Gasteiger partial charge in [0.05, 0.1) is 22.5 Å². The van der Waals surface area contributed by atoms with E-state index in [0.717, 1.165) is 12.3 Å². The maximum atomic E-state index is 13.9. The molecule has 1 aromatic heterocycles. The summed E-state index contributed by atoms with van der Waals surface area (Å²) >= 11 is 0. The Morgan fingerprint density at radius 3 is 2.14 bits per heavy atom. The van der Waals surface area contributed by atoms with E-state index in [1.807, 2.05) is 0 Å². The lowest BCUT2D eigenvalue weighted by Gasteiger charge is -2.08. The summed E-state index contributed by atoms with van der Waals surface area (Å²) in [6.45, 7) is 0. The first-order valence-electron chi connectivity index (χ1n) is 7.37. The zero-order valence-corrected chi connectivity index (χ0v) is 14.3. The molecular formula is C17H8F5N3O2S. The van der Waals surface area contributed by atoms with E-state index in [1.54, 1.807) is 4.72 Å². The van der Waals surface area contributed by atoms with Crippen molar-refractivity contribution in [3.05, 3.63) is 71.2 Å². The van der Waals surface area contributed by atoms with Gasteiger partial charge in [-0.1, -0.05) is 0 Å². The fraction of sp³-hybridized carbons (Fsp3) is 0. The third-order valence-corrected chi connectivity index (χ3v) is 5.01. The second-order valence-electron chi connectivity index (χ2n) is 5.52. The van der Waals surface area contributed by atoms with Crippen LogP contribution in [0.4, 0.5) is 27.6 Å². The van der Waals surface area contributed by atoms with Gasteiger partial charge in [0.25, 0.3) is 10.0 Å². The Kier molecular flexibility index (Phi) is 4.82. The highest BCUT2D eigenvalue weighted by Crippen LogP contribution is 2.29. The molecular weight excluding hydrogens is 405 g/mol. The molecule has 0 aliphatic heterocycles. The third kappa shape index (κ3) is 3.54. The van der Waals surface area contributed by atoms with E-state index >= 15 is 0 Å². The first-order chi connectivity index (χ1) is 13.1. The molecule has 0 atom stereocenters. The summed E-state index contributed by atoms with van der Waals surface area (Å²) in [6, 6.07) is 4.06. The van der Waals surface area contributed by atoms with Crippen molar-refractivity contribution >= 4 is 15.7 Å². The molecule has 2 aromatic carbocycles. The van der Waals surface area contributed by atoms with Crippen molar-refractivity contribution in [3.63, 3.8) is 0 Å². The van der Waals surface area contributed by atoms with Crippen LogP contribution in [0.1, 0.15) is 5.56 Å². The molecule has 1 heterocycles. The van der Waals surface area contributed by atoms with E-state index in [-0.39, 0.29) is 5.69 Å².